The van der Waals surface area contributed by atoms with Gasteiger partial charge < -0.3 is 15.4 Å². The van der Waals surface area contributed by atoms with E-state index in [1.54, 1.807) is 31.5 Å². The number of carbonyl (C=O) groups is 1. The Morgan fingerprint density at radius 1 is 1.10 bits per heavy atom. The molecule has 0 aliphatic carbocycles. The van der Waals surface area contributed by atoms with E-state index in [-0.39, 0.29) is 32.7 Å². The van der Waals surface area contributed by atoms with Gasteiger partial charge in [0.1, 0.15) is 17.7 Å². The van der Waals surface area contributed by atoms with Gasteiger partial charge in [0, 0.05) is 34.1 Å². The number of pyridine rings is 1. The molecule has 4 aromatic rings. The normalized spacial score (nSPS) is 14.7. The van der Waals surface area contributed by atoms with Gasteiger partial charge in [-0.05, 0) is 63.2 Å². The summed E-state index contributed by atoms with van der Waals surface area (Å²) >= 11 is 12.5. The molecule has 1 aliphatic rings. The summed E-state index contributed by atoms with van der Waals surface area (Å²) in [6, 6.07) is 10.1. The lowest BCUT2D eigenvalue weighted by atomic mass is 10.1. The fourth-order valence-corrected chi connectivity index (χ4v) is 5.21. The first kappa shape index (κ1) is 27.1. The summed E-state index contributed by atoms with van der Waals surface area (Å²) in [5.74, 6) is -1.81. The molecule has 39 heavy (non-hydrogen) atoms. The molecule has 1 fully saturated rings. The molecule has 202 valence electrons. The molecule has 7 nitrogen and oxygen atoms in total. The molecule has 0 radical (unpaired) electrons. The lowest BCUT2D eigenvalue weighted by Gasteiger charge is -2.22. The topological polar surface area (TPSA) is 81.1 Å². The molecule has 1 aliphatic heterocycles. The molecule has 11 heteroatoms. The Labute approximate surface area is 234 Å². The molecular formula is C28H25Cl2F2N5O2. The van der Waals surface area contributed by atoms with E-state index in [9.17, 15) is 13.6 Å². The Morgan fingerprint density at radius 2 is 1.87 bits per heavy atom. The van der Waals surface area contributed by atoms with Gasteiger partial charge in [-0.15, -0.1) is 0 Å². The van der Waals surface area contributed by atoms with Crippen molar-refractivity contribution < 1.29 is 18.3 Å². The van der Waals surface area contributed by atoms with Crippen molar-refractivity contribution in [1.82, 2.24) is 20.1 Å². The Morgan fingerprint density at radius 3 is 2.64 bits per heavy atom. The summed E-state index contributed by atoms with van der Waals surface area (Å²) in [5.41, 5.74) is 1.57. The van der Waals surface area contributed by atoms with Crippen LogP contribution in [0.5, 0.6) is 5.75 Å². The zero-order valence-electron chi connectivity index (χ0n) is 20.9. The molecule has 0 unspecified atom stereocenters. The van der Waals surface area contributed by atoms with Gasteiger partial charge in [-0.3, -0.25) is 9.48 Å². The van der Waals surface area contributed by atoms with Crippen LogP contribution in [0.1, 0.15) is 47.8 Å². The van der Waals surface area contributed by atoms with Crippen molar-refractivity contribution in [2.75, 3.05) is 18.4 Å². The number of rotatable bonds is 7. The summed E-state index contributed by atoms with van der Waals surface area (Å²) in [5, 5.41) is 10.6. The van der Waals surface area contributed by atoms with Crippen LogP contribution in [-0.4, -0.2) is 33.8 Å². The van der Waals surface area contributed by atoms with Crippen molar-refractivity contribution in [1.29, 1.82) is 0 Å². The highest BCUT2D eigenvalue weighted by atomic mass is 35.5. The summed E-state index contributed by atoms with van der Waals surface area (Å²) in [7, 11) is 0. The molecule has 0 spiro atoms. The first-order valence-electron chi connectivity index (χ1n) is 12.4. The molecule has 1 amide bonds. The summed E-state index contributed by atoms with van der Waals surface area (Å²) in [6.45, 7) is 3.51. The van der Waals surface area contributed by atoms with Gasteiger partial charge in [0.25, 0.3) is 5.91 Å². The Balaban J connectivity index is 1.49. The van der Waals surface area contributed by atoms with Gasteiger partial charge in [0.15, 0.2) is 11.6 Å². The number of amides is 1. The smallest absolute Gasteiger partial charge is 0.259 e. The van der Waals surface area contributed by atoms with Crippen molar-refractivity contribution in [2.45, 2.75) is 31.9 Å². The number of ether oxygens (including phenoxy) is 1. The van der Waals surface area contributed by atoms with Crippen LogP contribution in [0.2, 0.25) is 10.0 Å². The van der Waals surface area contributed by atoms with Crippen LogP contribution < -0.4 is 15.4 Å². The molecule has 1 saturated heterocycles. The third kappa shape index (κ3) is 5.90. The van der Waals surface area contributed by atoms with Crippen LogP contribution in [-0.2, 0) is 0 Å². The van der Waals surface area contributed by atoms with Crippen molar-refractivity contribution in [2.24, 2.45) is 0 Å². The van der Waals surface area contributed by atoms with E-state index in [1.807, 2.05) is 10.9 Å². The van der Waals surface area contributed by atoms with E-state index < -0.39 is 23.6 Å². The average Bonchev–Trinajstić information content (AvgIpc) is 3.43. The maximum atomic E-state index is 14.3. The minimum absolute atomic E-state index is 0.0493. The average molecular weight is 572 g/mol. The molecule has 0 saturated carbocycles. The SMILES string of the molecule is C[C@@H](Oc1cc(-c2cnn(C3CCNCC3)c2)cnc1NC(=O)c1ccccc1F)c1c(Cl)ccc(F)c1Cl. The van der Waals surface area contributed by atoms with Crippen molar-refractivity contribution in [3.8, 4) is 16.9 Å². The van der Waals surface area contributed by atoms with E-state index >= 15 is 0 Å². The highest BCUT2D eigenvalue weighted by Crippen LogP contribution is 2.38. The standard InChI is InChI=1S/C28H25Cl2F2N5O2/c1-16(25-21(29)6-7-23(32)26(25)30)39-24-12-17(18-14-35-37(15-18)19-8-10-33-11-9-19)13-34-27(24)36-28(38)20-4-2-3-5-22(20)31/h2-7,12-16,19,33H,8-11H2,1H3,(H,34,36,38)/t16-/m1/s1. The number of hydrogen-bond donors (Lipinski definition) is 2. The van der Waals surface area contributed by atoms with Gasteiger partial charge in [0.05, 0.1) is 22.8 Å². The largest absolute Gasteiger partial charge is 0.482 e. The van der Waals surface area contributed by atoms with Crippen LogP contribution in [0, 0.1) is 11.6 Å². The number of nitrogens with one attached hydrogen (secondary N) is 2. The highest BCUT2D eigenvalue weighted by Gasteiger charge is 2.23. The molecule has 0 bridgehead atoms. The molecular weight excluding hydrogens is 547 g/mol. The van der Waals surface area contributed by atoms with Crippen molar-refractivity contribution >= 4 is 34.9 Å². The first-order chi connectivity index (χ1) is 18.8. The number of anilines is 1. The molecule has 2 aromatic carbocycles. The maximum Gasteiger partial charge on any atom is 0.259 e. The van der Waals surface area contributed by atoms with Crippen LogP contribution in [0.25, 0.3) is 11.1 Å². The molecule has 2 N–H and O–H groups in total. The van der Waals surface area contributed by atoms with Gasteiger partial charge in [-0.25, -0.2) is 13.8 Å². The number of nitrogens with zero attached hydrogens (tertiary/aromatic N) is 3. The predicted molar refractivity (Wildman–Crippen MR) is 146 cm³/mol. The highest BCUT2D eigenvalue weighted by molar-refractivity contribution is 6.36. The number of aromatic nitrogens is 3. The number of hydrogen-bond acceptors (Lipinski definition) is 5. The van der Waals surface area contributed by atoms with Gasteiger partial charge in [0.2, 0.25) is 0 Å². The second-order valence-corrected chi connectivity index (χ2v) is 10.00. The summed E-state index contributed by atoms with van der Waals surface area (Å²) < 4.78 is 36.6. The van der Waals surface area contributed by atoms with E-state index in [1.165, 1.54) is 30.3 Å². The van der Waals surface area contributed by atoms with Gasteiger partial charge in [-0.2, -0.15) is 5.10 Å². The van der Waals surface area contributed by atoms with Gasteiger partial charge in [-0.1, -0.05) is 35.3 Å². The second kappa shape index (κ2) is 11.7. The molecule has 2 aromatic heterocycles. The van der Waals surface area contributed by atoms with E-state index in [4.69, 9.17) is 27.9 Å². The Bertz CT molecular complexity index is 1510. The van der Waals surface area contributed by atoms with Crippen LogP contribution in [0.3, 0.4) is 0 Å². The van der Waals surface area contributed by atoms with Crippen LogP contribution in [0.15, 0.2) is 61.1 Å². The van der Waals surface area contributed by atoms with E-state index in [2.05, 4.69) is 20.7 Å². The summed E-state index contributed by atoms with van der Waals surface area (Å²) in [6.07, 6.45) is 6.38. The zero-order valence-corrected chi connectivity index (χ0v) is 22.4. The third-order valence-electron chi connectivity index (χ3n) is 6.61. The minimum Gasteiger partial charge on any atom is -0.482 e. The maximum absolute atomic E-state index is 14.3. The second-order valence-electron chi connectivity index (χ2n) is 9.21. The molecule has 1 atom stereocenters. The van der Waals surface area contributed by atoms with Crippen LogP contribution >= 0.6 is 23.2 Å². The van der Waals surface area contributed by atoms with Crippen LogP contribution in [0.4, 0.5) is 14.6 Å². The fraction of sp³-hybridized carbons (Fsp3) is 0.250. The number of benzene rings is 2. The Hall–Kier alpha value is -3.53. The predicted octanol–water partition coefficient (Wildman–Crippen LogP) is 6.85. The number of halogens is 4. The molecule has 3 heterocycles. The quantitative estimate of drug-likeness (QED) is 0.237. The number of carbonyl (C=O) groups excluding carboxylic acids is 1. The Kier molecular flexibility index (Phi) is 8.11. The lowest BCUT2D eigenvalue weighted by molar-refractivity contribution is 0.102. The molecule has 5 rings (SSSR count). The first-order valence-corrected chi connectivity index (χ1v) is 13.2. The fourth-order valence-electron chi connectivity index (χ4n) is 4.53. The minimum atomic E-state index is -0.820. The summed E-state index contributed by atoms with van der Waals surface area (Å²) in [4.78, 5) is 17.3. The van der Waals surface area contributed by atoms with Crippen molar-refractivity contribution in [3.05, 3.63) is 93.9 Å². The van der Waals surface area contributed by atoms with Crippen molar-refractivity contribution in [3.63, 3.8) is 0 Å². The lowest BCUT2D eigenvalue weighted by Crippen LogP contribution is -2.29. The zero-order chi connectivity index (χ0) is 27.5. The third-order valence-corrected chi connectivity index (χ3v) is 7.32. The monoisotopic (exact) mass is 571 g/mol. The number of piperidine rings is 1. The van der Waals surface area contributed by atoms with E-state index in [0.29, 0.717) is 11.6 Å². The van der Waals surface area contributed by atoms with Gasteiger partial charge >= 0.3 is 0 Å². The van der Waals surface area contributed by atoms with E-state index in [0.717, 1.165) is 31.5 Å².